The summed E-state index contributed by atoms with van der Waals surface area (Å²) in [4.78, 5) is 11.6. The summed E-state index contributed by atoms with van der Waals surface area (Å²) in [6.45, 7) is 0. The molecule has 0 atom stereocenters. The van der Waals surface area contributed by atoms with Gasteiger partial charge in [-0.15, -0.1) is 0 Å². The molecule has 0 radical (unpaired) electrons. The van der Waals surface area contributed by atoms with Crippen molar-refractivity contribution in [2.24, 2.45) is 0 Å². The Balaban J connectivity index is 2.09. The lowest BCUT2D eigenvalue weighted by molar-refractivity contribution is 0.602. The third-order valence-electron chi connectivity index (χ3n) is 2.80. The molecule has 0 spiro atoms. The molecule has 1 aromatic carbocycles. The number of nitrogens with one attached hydrogen (secondary N) is 1. The zero-order chi connectivity index (χ0) is 14.9. The fourth-order valence-corrected chi connectivity index (χ4v) is 3.29. The Morgan fingerprint density at radius 3 is 2.76 bits per heavy atom. The Morgan fingerprint density at radius 1 is 1.10 bits per heavy atom. The van der Waals surface area contributed by atoms with Gasteiger partial charge in [-0.2, -0.15) is 4.98 Å². The molecule has 0 fully saturated rings. The zero-order valence-corrected chi connectivity index (χ0v) is 12.1. The molecule has 3 rings (SSSR count). The van der Waals surface area contributed by atoms with Crippen LogP contribution in [-0.2, 0) is 10.0 Å². The van der Waals surface area contributed by atoms with E-state index in [1.165, 1.54) is 18.3 Å². The summed E-state index contributed by atoms with van der Waals surface area (Å²) in [6.07, 6.45) is 4.53. The number of aromatic nitrogens is 3. The monoisotopic (exact) mass is 320 g/mol. The Hall–Kier alpha value is -2.25. The van der Waals surface area contributed by atoms with E-state index in [2.05, 4.69) is 19.7 Å². The number of benzene rings is 1. The second kappa shape index (κ2) is 5.27. The second-order valence-corrected chi connectivity index (χ2v) is 6.16. The summed E-state index contributed by atoms with van der Waals surface area (Å²) in [5.41, 5.74) is 0. The molecule has 2 aromatic heterocycles. The average molecular weight is 321 g/mol. The van der Waals surface area contributed by atoms with Gasteiger partial charge in [-0.25, -0.2) is 13.4 Å². The molecular weight excluding hydrogens is 312 g/mol. The minimum absolute atomic E-state index is 0.0303. The van der Waals surface area contributed by atoms with E-state index in [0.29, 0.717) is 5.39 Å². The Morgan fingerprint density at radius 2 is 1.95 bits per heavy atom. The molecule has 0 bridgehead atoms. The van der Waals surface area contributed by atoms with Crippen LogP contribution in [0.5, 0.6) is 0 Å². The van der Waals surface area contributed by atoms with Crippen LogP contribution in [0.2, 0.25) is 5.28 Å². The molecule has 3 aromatic rings. The van der Waals surface area contributed by atoms with Gasteiger partial charge in [-0.1, -0.05) is 12.1 Å². The molecule has 0 aliphatic carbocycles. The van der Waals surface area contributed by atoms with Gasteiger partial charge >= 0.3 is 0 Å². The molecule has 0 aliphatic rings. The number of fused-ring (bicyclic) bond motifs is 1. The maximum absolute atomic E-state index is 12.5. The van der Waals surface area contributed by atoms with Crippen molar-refractivity contribution in [2.75, 3.05) is 4.72 Å². The largest absolute Gasteiger partial charge is 0.264 e. The second-order valence-electron chi connectivity index (χ2n) is 4.17. The van der Waals surface area contributed by atoms with E-state index in [9.17, 15) is 8.42 Å². The molecule has 21 heavy (non-hydrogen) atoms. The van der Waals surface area contributed by atoms with Crippen molar-refractivity contribution in [3.63, 3.8) is 0 Å². The van der Waals surface area contributed by atoms with Crippen molar-refractivity contribution in [2.45, 2.75) is 4.90 Å². The van der Waals surface area contributed by atoms with Gasteiger partial charge in [0.15, 0.2) is 0 Å². The topological polar surface area (TPSA) is 84.8 Å². The SMILES string of the molecule is O=S(=O)(Nc1ccnc(Cl)n1)c1cccc2cnccc12. The van der Waals surface area contributed by atoms with Crippen LogP contribution < -0.4 is 4.72 Å². The minimum Gasteiger partial charge on any atom is -0.264 e. The maximum atomic E-state index is 12.5. The van der Waals surface area contributed by atoms with Crippen LogP contribution in [0, 0.1) is 0 Å². The highest BCUT2D eigenvalue weighted by molar-refractivity contribution is 7.93. The first kappa shape index (κ1) is 13.7. The van der Waals surface area contributed by atoms with Crippen molar-refractivity contribution in [3.05, 3.63) is 54.2 Å². The summed E-state index contributed by atoms with van der Waals surface area (Å²) in [6, 6.07) is 8.05. The van der Waals surface area contributed by atoms with E-state index in [-0.39, 0.29) is 16.0 Å². The molecule has 106 valence electrons. The smallest absolute Gasteiger partial charge is 0.263 e. The van der Waals surface area contributed by atoms with Gasteiger partial charge in [-0.05, 0) is 29.8 Å². The predicted molar refractivity (Wildman–Crippen MR) is 79.6 cm³/mol. The molecular formula is C13H9ClN4O2S. The van der Waals surface area contributed by atoms with E-state index in [1.54, 1.807) is 30.6 Å². The maximum Gasteiger partial charge on any atom is 0.263 e. The molecule has 0 amide bonds. The normalized spacial score (nSPS) is 11.5. The number of hydrogen-bond donors (Lipinski definition) is 1. The lowest BCUT2D eigenvalue weighted by atomic mass is 10.2. The molecule has 1 N–H and O–H groups in total. The summed E-state index contributed by atoms with van der Waals surface area (Å²) >= 11 is 5.65. The van der Waals surface area contributed by atoms with Gasteiger partial charge in [0.25, 0.3) is 10.0 Å². The number of hydrogen-bond acceptors (Lipinski definition) is 5. The summed E-state index contributed by atoms with van der Waals surface area (Å²) in [5, 5.41) is 1.29. The van der Waals surface area contributed by atoms with Crippen molar-refractivity contribution < 1.29 is 8.42 Å². The zero-order valence-electron chi connectivity index (χ0n) is 10.6. The minimum atomic E-state index is -3.78. The third kappa shape index (κ3) is 2.79. The molecule has 0 saturated carbocycles. The first-order chi connectivity index (χ1) is 10.1. The van der Waals surface area contributed by atoms with Crippen LogP contribution in [0.4, 0.5) is 5.82 Å². The van der Waals surface area contributed by atoms with Gasteiger partial charge in [0.05, 0.1) is 4.90 Å². The molecule has 2 heterocycles. The highest BCUT2D eigenvalue weighted by Gasteiger charge is 2.18. The fraction of sp³-hybridized carbons (Fsp3) is 0. The summed E-state index contributed by atoms with van der Waals surface area (Å²) in [7, 11) is -3.78. The van der Waals surface area contributed by atoms with Crippen LogP contribution in [0.3, 0.4) is 0 Å². The van der Waals surface area contributed by atoms with Gasteiger partial charge in [0.2, 0.25) is 5.28 Å². The molecule has 6 nitrogen and oxygen atoms in total. The quantitative estimate of drug-likeness (QED) is 0.749. The van der Waals surface area contributed by atoms with E-state index in [0.717, 1.165) is 5.39 Å². The van der Waals surface area contributed by atoms with Crippen molar-refractivity contribution in [1.82, 2.24) is 15.0 Å². The molecule has 0 unspecified atom stereocenters. The highest BCUT2D eigenvalue weighted by atomic mass is 35.5. The number of nitrogens with zero attached hydrogens (tertiary/aromatic N) is 3. The number of pyridine rings is 1. The van der Waals surface area contributed by atoms with E-state index in [4.69, 9.17) is 11.6 Å². The van der Waals surface area contributed by atoms with Crippen LogP contribution >= 0.6 is 11.6 Å². The van der Waals surface area contributed by atoms with Crippen LogP contribution in [0.25, 0.3) is 10.8 Å². The summed E-state index contributed by atoms with van der Waals surface area (Å²) < 4.78 is 27.4. The third-order valence-corrected chi connectivity index (χ3v) is 4.39. The van der Waals surface area contributed by atoms with E-state index in [1.807, 2.05) is 0 Å². The number of anilines is 1. The number of halogens is 1. The van der Waals surface area contributed by atoms with Crippen LogP contribution in [-0.4, -0.2) is 23.4 Å². The number of sulfonamides is 1. The lowest BCUT2D eigenvalue weighted by Crippen LogP contribution is -2.14. The van der Waals surface area contributed by atoms with Gasteiger partial charge in [0, 0.05) is 29.4 Å². The lowest BCUT2D eigenvalue weighted by Gasteiger charge is -2.09. The molecule has 0 aliphatic heterocycles. The van der Waals surface area contributed by atoms with E-state index >= 15 is 0 Å². The van der Waals surface area contributed by atoms with Crippen molar-refractivity contribution >= 4 is 38.2 Å². The predicted octanol–water partition coefficient (Wildman–Crippen LogP) is 2.48. The molecule has 0 saturated heterocycles. The van der Waals surface area contributed by atoms with Crippen molar-refractivity contribution in [3.8, 4) is 0 Å². The highest BCUT2D eigenvalue weighted by Crippen LogP contribution is 2.23. The van der Waals surface area contributed by atoms with Crippen LogP contribution in [0.1, 0.15) is 0 Å². The fourth-order valence-electron chi connectivity index (χ4n) is 1.91. The van der Waals surface area contributed by atoms with Crippen LogP contribution in [0.15, 0.2) is 53.8 Å². The Bertz CT molecular complexity index is 909. The van der Waals surface area contributed by atoms with Gasteiger partial charge in [-0.3, -0.25) is 9.71 Å². The Kier molecular flexibility index (Phi) is 3.44. The first-order valence-corrected chi connectivity index (χ1v) is 7.76. The van der Waals surface area contributed by atoms with Gasteiger partial charge in [0.1, 0.15) is 5.82 Å². The van der Waals surface area contributed by atoms with Crippen molar-refractivity contribution in [1.29, 1.82) is 0 Å². The average Bonchev–Trinajstić information content (AvgIpc) is 2.46. The van der Waals surface area contributed by atoms with E-state index < -0.39 is 10.0 Å². The number of rotatable bonds is 3. The Labute approximate surface area is 125 Å². The molecule has 8 heteroatoms. The standard InChI is InChI=1S/C13H9ClN4O2S/c14-13-16-7-5-12(17-13)18-21(19,20)11-3-1-2-9-8-15-6-4-10(9)11/h1-8H,(H,16,17,18). The first-order valence-electron chi connectivity index (χ1n) is 5.90. The van der Waals surface area contributed by atoms with Gasteiger partial charge < -0.3 is 0 Å². The summed E-state index contributed by atoms with van der Waals surface area (Å²) in [5.74, 6) is 0.112.